The van der Waals surface area contributed by atoms with Crippen LogP contribution in [0.4, 0.5) is 0 Å². The van der Waals surface area contributed by atoms with E-state index in [4.69, 9.17) is 18.9 Å². The molecule has 1 N–H and O–H groups in total. The molecule has 0 radical (unpaired) electrons. The van der Waals surface area contributed by atoms with Crippen molar-refractivity contribution in [1.29, 1.82) is 0 Å². The van der Waals surface area contributed by atoms with E-state index in [2.05, 4.69) is 5.32 Å². The van der Waals surface area contributed by atoms with E-state index in [-0.39, 0.29) is 5.56 Å². The number of hydrogen-bond donors (Lipinski definition) is 1. The third kappa shape index (κ3) is 4.71. The molecule has 1 aromatic rings. The molecule has 0 heterocycles. The van der Waals surface area contributed by atoms with Gasteiger partial charge in [-0.1, -0.05) is 30.3 Å². The SMILES string of the molecule is COC(=O)C(C(=O)OC)C(c1ccccc1)C(NC(C)=O)(C(=O)OC)C(=O)OC. The Kier molecular flexibility index (Phi) is 8.31. The highest BCUT2D eigenvalue weighted by atomic mass is 16.6. The number of nitrogens with one attached hydrogen (secondary N) is 1. The second-order valence-corrected chi connectivity index (χ2v) is 5.88. The van der Waals surface area contributed by atoms with Crippen molar-refractivity contribution in [3.05, 3.63) is 35.9 Å². The summed E-state index contributed by atoms with van der Waals surface area (Å²) < 4.78 is 18.9. The lowest BCUT2D eigenvalue weighted by molar-refractivity contribution is -0.172. The Balaban J connectivity index is 4.01. The maximum Gasteiger partial charge on any atom is 0.344 e. The summed E-state index contributed by atoms with van der Waals surface area (Å²) >= 11 is 0. The number of ether oxygens (including phenoxy) is 4. The molecule has 0 saturated carbocycles. The second kappa shape index (κ2) is 10.2. The van der Waals surface area contributed by atoms with E-state index in [9.17, 15) is 24.0 Å². The molecular formula is C19H23NO9. The summed E-state index contributed by atoms with van der Waals surface area (Å²) in [6.45, 7) is 1.05. The highest BCUT2D eigenvalue weighted by Crippen LogP contribution is 2.39. The van der Waals surface area contributed by atoms with E-state index in [1.165, 1.54) is 12.1 Å². The highest BCUT2D eigenvalue weighted by molar-refractivity contribution is 6.11. The van der Waals surface area contributed by atoms with Crippen molar-refractivity contribution < 1.29 is 42.9 Å². The molecule has 1 rings (SSSR count). The van der Waals surface area contributed by atoms with Gasteiger partial charge >= 0.3 is 23.9 Å². The van der Waals surface area contributed by atoms with Crippen LogP contribution in [0.25, 0.3) is 0 Å². The molecule has 29 heavy (non-hydrogen) atoms. The van der Waals surface area contributed by atoms with Crippen molar-refractivity contribution in [3.8, 4) is 0 Å². The second-order valence-electron chi connectivity index (χ2n) is 5.88. The van der Waals surface area contributed by atoms with E-state index in [1.807, 2.05) is 0 Å². The summed E-state index contributed by atoms with van der Waals surface area (Å²) in [6, 6.07) is 7.68. The largest absolute Gasteiger partial charge is 0.468 e. The van der Waals surface area contributed by atoms with E-state index in [1.54, 1.807) is 18.2 Å². The van der Waals surface area contributed by atoms with Crippen LogP contribution in [0.3, 0.4) is 0 Å². The van der Waals surface area contributed by atoms with E-state index < -0.39 is 47.2 Å². The molecule has 0 bridgehead atoms. The minimum absolute atomic E-state index is 0.179. The normalized spacial score (nSPS) is 11.8. The van der Waals surface area contributed by atoms with Gasteiger partial charge < -0.3 is 24.3 Å². The van der Waals surface area contributed by atoms with Gasteiger partial charge in [0.05, 0.1) is 34.4 Å². The fraction of sp³-hybridized carbons (Fsp3) is 0.421. The molecule has 1 amide bonds. The fourth-order valence-corrected chi connectivity index (χ4v) is 3.09. The predicted octanol–water partition coefficient (Wildman–Crippen LogP) is -0.0467. The molecule has 1 unspecified atom stereocenters. The molecule has 0 aliphatic rings. The minimum Gasteiger partial charge on any atom is -0.468 e. The number of rotatable bonds is 8. The summed E-state index contributed by atoms with van der Waals surface area (Å²) in [6.07, 6.45) is 0. The standard InChI is InChI=1S/C19H23NO9/c1-11(21)20-19(17(24)28-4,18(25)29-5)14(12-9-7-6-8-10-12)13(15(22)26-2)16(23)27-3/h6-10,13-14H,1-5H3,(H,20,21). The highest BCUT2D eigenvalue weighted by Gasteiger charge is 2.62. The number of hydrogen-bond acceptors (Lipinski definition) is 9. The Morgan fingerprint density at radius 3 is 1.59 bits per heavy atom. The summed E-state index contributed by atoms with van der Waals surface area (Å²) in [5.41, 5.74) is -2.40. The first-order valence-corrected chi connectivity index (χ1v) is 8.37. The maximum absolute atomic E-state index is 12.9. The number of esters is 4. The van der Waals surface area contributed by atoms with Crippen LogP contribution >= 0.6 is 0 Å². The van der Waals surface area contributed by atoms with Crippen LogP contribution in [-0.4, -0.2) is 63.8 Å². The fourth-order valence-electron chi connectivity index (χ4n) is 3.09. The average molecular weight is 409 g/mol. The Morgan fingerprint density at radius 2 is 1.24 bits per heavy atom. The zero-order valence-electron chi connectivity index (χ0n) is 16.7. The van der Waals surface area contributed by atoms with Gasteiger partial charge in [0.2, 0.25) is 11.4 Å². The molecule has 0 aliphatic heterocycles. The van der Waals surface area contributed by atoms with Crippen LogP contribution < -0.4 is 5.32 Å². The van der Waals surface area contributed by atoms with Gasteiger partial charge in [-0.3, -0.25) is 14.4 Å². The van der Waals surface area contributed by atoms with Crippen LogP contribution in [0.5, 0.6) is 0 Å². The Labute approximate surface area is 167 Å². The van der Waals surface area contributed by atoms with Crippen molar-refractivity contribution in [2.75, 3.05) is 28.4 Å². The smallest absolute Gasteiger partial charge is 0.344 e. The molecule has 10 heteroatoms. The number of amides is 1. The summed E-state index contributed by atoms with van der Waals surface area (Å²) in [4.78, 5) is 62.8. The number of benzene rings is 1. The first-order chi connectivity index (χ1) is 13.7. The van der Waals surface area contributed by atoms with Crippen LogP contribution in [-0.2, 0) is 42.9 Å². The Hall–Kier alpha value is -3.43. The lowest BCUT2D eigenvalue weighted by Gasteiger charge is -2.38. The Bertz CT molecular complexity index is 743. The van der Waals surface area contributed by atoms with Gasteiger partial charge in [0.25, 0.3) is 0 Å². The van der Waals surface area contributed by atoms with Crippen molar-refractivity contribution in [1.82, 2.24) is 5.32 Å². The Morgan fingerprint density at radius 1 is 0.793 bits per heavy atom. The summed E-state index contributed by atoms with van der Waals surface area (Å²) in [5, 5.41) is 2.23. The molecule has 158 valence electrons. The van der Waals surface area contributed by atoms with Crippen LogP contribution in [0.2, 0.25) is 0 Å². The molecule has 0 saturated heterocycles. The summed E-state index contributed by atoms with van der Waals surface area (Å²) in [7, 11) is 4.01. The monoisotopic (exact) mass is 409 g/mol. The van der Waals surface area contributed by atoms with Crippen LogP contribution in [0.15, 0.2) is 30.3 Å². The zero-order chi connectivity index (χ0) is 22.2. The first-order valence-electron chi connectivity index (χ1n) is 8.37. The number of carbonyl (C=O) groups is 5. The van der Waals surface area contributed by atoms with E-state index >= 15 is 0 Å². The summed E-state index contributed by atoms with van der Waals surface area (Å²) in [5.74, 6) is -8.89. The van der Waals surface area contributed by atoms with Crippen molar-refractivity contribution in [2.24, 2.45) is 5.92 Å². The maximum atomic E-state index is 12.9. The zero-order valence-corrected chi connectivity index (χ0v) is 16.7. The molecular weight excluding hydrogens is 386 g/mol. The molecule has 1 aromatic carbocycles. The van der Waals surface area contributed by atoms with Gasteiger partial charge in [-0.05, 0) is 5.56 Å². The predicted molar refractivity (Wildman–Crippen MR) is 97.3 cm³/mol. The van der Waals surface area contributed by atoms with Crippen LogP contribution in [0.1, 0.15) is 18.4 Å². The van der Waals surface area contributed by atoms with Gasteiger partial charge in [-0.2, -0.15) is 0 Å². The molecule has 10 nitrogen and oxygen atoms in total. The van der Waals surface area contributed by atoms with E-state index in [0.717, 1.165) is 35.4 Å². The van der Waals surface area contributed by atoms with Crippen molar-refractivity contribution in [2.45, 2.75) is 18.4 Å². The third-order valence-corrected chi connectivity index (χ3v) is 4.26. The van der Waals surface area contributed by atoms with Gasteiger partial charge in [-0.25, -0.2) is 9.59 Å². The van der Waals surface area contributed by atoms with Gasteiger partial charge in [-0.15, -0.1) is 0 Å². The van der Waals surface area contributed by atoms with Crippen molar-refractivity contribution >= 4 is 29.8 Å². The molecule has 0 spiro atoms. The third-order valence-electron chi connectivity index (χ3n) is 4.26. The van der Waals surface area contributed by atoms with E-state index in [0.29, 0.717) is 0 Å². The topological polar surface area (TPSA) is 134 Å². The number of carbonyl (C=O) groups excluding carboxylic acids is 5. The van der Waals surface area contributed by atoms with Gasteiger partial charge in [0.1, 0.15) is 0 Å². The molecule has 0 aromatic heterocycles. The van der Waals surface area contributed by atoms with Crippen molar-refractivity contribution in [3.63, 3.8) is 0 Å². The lowest BCUT2D eigenvalue weighted by atomic mass is 9.71. The quantitative estimate of drug-likeness (QED) is 0.356. The van der Waals surface area contributed by atoms with Crippen LogP contribution in [0, 0.1) is 5.92 Å². The average Bonchev–Trinajstić information content (AvgIpc) is 2.74. The molecule has 0 aliphatic carbocycles. The lowest BCUT2D eigenvalue weighted by Crippen LogP contribution is -2.66. The first kappa shape index (κ1) is 23.6. The van der Waals surface area contributed by atoms with Gasteiger partial charge in [0.15, 0.2) is 5.92 Å². The molecule has 1 atom stereocenters. The van der Waals surface area contributed by atoms with Gasteiger partial charge in [0, 0.05) is 6.92 Å². The minimum atomic E-state index is -2.58. The molecule has 0 fully saturated rings. The number of methoxy groups -OCH3 is 4.